The molecule has 0 spiro atoms. The zero-order chi connectivity index (χ0) is 10.7. The molecule has 0 aliphatic carbocycles. The maximum atomic E-state index is 11.3. The molecule has 0 saturated carbocycles. The van der Waals surface area contributed by atoms with E-state index in [1.54, 1.807) is 6.92 Å². The predicted octanol–water partition coefficient (Wildman–Crippen LogP) is -0.0675. The number of hydrogen-bond acceptors (Lipinski definition) is 3. The van der Waals surface area contributed by atoms with Crippen LogP contribution in [0, 0.1) is 0 Å². The fraction of sp³-hybridized carbons (Fsp3) is 0.900. The predicted molar refractivity (Wildman–Crippen MR) is 56.9 cm³/mol. The molecule has 0 aromatic heterocycles. The lowest BCUT2D eigenvalue weighted by molar-refractivity contribution is -0.122. The quantitative estimate of drug-likeness (QED) is 0.669. The van der Waals surface area contributed by atoms with Gasteiger partial charge >= 0.3 is 0 Å². The van der Waals surface area contributed by atoms with Gasteiger partial charge in [-0.2, -0.15) is 0 Å². The molecule has 1 fully saturated rings. The molecular formula is C10H21N3O. The van der Waals surface area contributed by atoms with Gasteiger partial charge in [-0.1, -0.05) is 0 Å². The summed E-state index contributed by atoms with van der Waals surface area (Å²) in [6.07, 6.45) is 1.04. The van der Waals surface area contributed by atoms with Crippen molar-refractivity contribution in [3.05, 3.63) is 0 Å². The summed E-state index contributed by atoms with van der Waals surface area (Å²) in [5, 5.41) is 2.96. The summed E-state index contributed by atoms with van der Waals surface area (Å²) < 4.78 is 0. The molecule has 0 aromatic rings. The Hall–Kier alpha value is -0.610. The Morgan fingerprint density at radius 3 is 2.57 bits per heavy atom. The number of nitrogens with zero attached hydrogens (tertiary/aromatic N) is 1. The van der Waals surface area contributed by atoms with Gasteiger partial charge in [-0.25, -0.2) is 0 Å². The highest BCUT2D eigenvalue weighted by Crippen LogP contribution is 2.12. The molecule has 0 aromatic carbocycles. The van der Waals surface area contributed by atoms with Crippen LogP contribution in [0.15, 0.2) is 0 Å². The average Bonchev–Trinajstić information content (AvgIpc) is 2.52. The first-order valence-electron chi connectivity index (χ1n) is 5.30. The monoisotopic (exact) mass is 199 g/mol. The van der Waals surface area contributed by atoms with Gasteiger partial charge in [0, 0.05) is 25.2 Å². The van der Waals surface area contributed by atoms with E-state index in [0.717, 1.165) is 19.5 Å². The van der Waals surface area contributed by atoms with E-state index in [9.17, 15) is 4.79 Å². The van der Waals surface area contributed by atoms with Crippen molar-refractivity contribution in [2.24, 2.45) is 5.73 Å². The Labute approximate surface area is 85.8 Å². The van der Waals surface area contributed by atoms with Crippen molar-refractivity contribution in [3.63, 3.8) is 0 Å². The van der Waals surface area contributed by atoms with Gasteiger partial charge in [-0.15, -0.1) is 0 Å². The van der Waals surface area contributed by atoms with Crippen LogP contribution in [0.2, 0.25) is 0 Å². The highest BCUT2D eigenvalue weighted by Gasteiger charge is 2.25. The Morgan fingerprint density at radius 1 is 1.50 bits per heavy atom. The van der Waals surface area contributed by atoms with Crippen LogP contribution in [0.4, 0.5) is 0 Å². The molecule has 82 valence electrons. The van der Waals surface area contributed by atoms with Crippen LogP contribution in [0.3, 0.4) is 0 Å². The van der Waals surface area contributed by atoms with Crippen LogP contribution < -0.4 is 11.1 Å². The maximum absolute atomic E-state index is 11.3. The summed E-state index contributed by atoms with van der Waals surface area (Å²) in [6, 6.07) is 0.450. The number of hydrogen-bond donors (Lipinski definition) is 2. The lowest BCUT2D eigenvalue weighted by atomic mass is 10.2. The average molecular weight is 199 g/mol. The first kappa shape index (κ1) is 11.5. The van der Waals surface area contributed by atoms with Gasteiger partial charge in [-0.3, -0.25) is 9.69 Å². The van der Waals surface area contributed by atoms with E-state index in [-0.39, 0.29) is 11.9 Å². The zero-order valence-electron chi connectivity index (χ0n) is 9.29. The molecule has 0 bridgehead atoms. The van der Waals surface area contributed by atoms with Crippen LogP contribution >= 0.6 is 0 Å². The molecule has 1 heterocycles. The summed E-state index contributed by atoms with van der Waals surface area (Å²) in [5.74, 6) is -0.0411. The van der Waals surface area contributed by atoms with Crippen LogP contribution in [-0.2, 0) is 4.79 Å². The standard InChI is InChI=1S/C10H21N3O/c1-7(2)13-5-4-9(6-13)12-10(14)8(3)11/h7-9H,4-6,11H2,1-3H3,(H,12,14)/t8-,9?/m1/s1. The van der Waals surface area contributed by atoms with E-state index in [0.29, 0.717) is 6.04 Å². The molecule has 1 aliphatic rings. The second-order valence-electron chi connectivity index (χ2n) is 4.37. The van der Waals surface area contributed by atoms with E-state index in [1.807, 2.05) is 0 Å². The first-order valence-corrected chi connectivity index (χ1v) is 5.30. The largest absolute Gasteiger partial charge is 0.351 e. The molecule has 3 N–H and O–H groups in total. The minimum atomic E-state index is -0.400. The third-order valence-corrected chi connectivity index (χ3v) is 2.71. The van der Waals surface area contributed by atoms with Crippen molar-refractivity contribution >= 4 is 5.91 Å². The normalized spacial score (nSPS) is 25.4. The lowest BCUT2D eigenvalue weighted by Gasteiger charge is -2.20. The summed E-state index contributed by atoms with van der Waals surface area (Å²) in [6.45, 7) is 8.09. The SMILES string of the molecule is CC(C)N1CCC(NC(=O)[C@@H](C)N)C1. The van der Waals surface area contributed by atoms with E-state index >= 15 is 0 Å². The fourth-order valence-electron chi connectivity index (χ4n) is 1.71. The summed E-state index contributed by atoms with van der Waals surface area (Å²) in [7, 11) is 0. The Bertz CT molecular complexity index is 204. The van der Waals surface area contributed by atoms with Crippen molar-refractivity contribution in [2.75, 3.05) is 13.1 Å². The van der Waals surface area contributed by atoms with E-state index in [2.05, 4.69) is 24.1 Å². The molecule has 0 radical (unpaired) electrons. The van der Waals surface area contributed by atoms with Crippen LogP contribution in [-0.4, -0.2) is 42.0 Å². The smallest absolute Gasteiger partial charge is 0.236 e. The van der Waals surface area contributed by atoms with Gasteiger partial charge in [-0.05, 0) is 27.2 Å². The topological polar surface area (TPSA) is 58.4 Å². The van der Waals surface area contributed by atoms with Gasteiger partial charge in [0.2, 0.25) is 5.91 Å². The maximum Gasteiger partial charge on any atom is 0.236 e. The number of nitrogens with two attached hydrogens (primary N) is 1. The molecule has 1 saturated heterocycles. The Morgan fingerprint density at radius 2 is 2.14 bits per heavy atom. The number of rotatable bonds is 3. The van der Waals surface area contributed by atoms with Gasteiger partial charge < -0.3 is 11.1 Å². The van der Waals surface area contributed by atoms with Gasteiger partial charge in [0.15, 0.2) is 0 Å². The second kappa shape index (κ2) is 4.75. The van der Waals surface area contributed by atoms with Crippen molar-refractivity contribution in [1.29, 1.82) is 0 Å². The number of nitrogens with one attached hydrogen (secondary N) is 1. The molecular weight excluding hydrogens is 178 g/mol. The van der Waals surface area contributed by atoms with Crippen molar-refractivity contribution in [2.45, 2.75) is 45.3 Å². The van der Waals surface area contributed by atoms with Gasteiger partial charge in [0.25, 0.3) is 0 Å². The van der Waals surface area contributed by atoms with E-state index in [4.69, 9.17) is 5.73 Å². The van der Waals surface area contributed by atoms with E-state index < -0.39 is 6.04 Å². The second-order valence-corrected chi connectivity index (χ2v) is 4.37. The van der Waals surface area contributed by atoms with Crippen LogP contribution in [0.1, 0.15) is 27.2 Å². The number of likely N-dealkylation sites (tertiary alicyclic amines) is 1. The lowest BCUT2D eigenvalue weighted by Crippen LogP contribution is -2.45. The van der Waals surface area contributed by atoms with Crippen LogP contribution in [0.25, 0.3) is 0 Å². The molecule has 1 aliphatic heterocycles. The first-order chi connectivity index (χ1) is 6.50. The minimum Gasteiger partial charge on any atom is -0.351 e. The van der Waals surface area contributed by atoms with Gasteiger partial charge in [0.1, 0.15) is 0 Å². The molecule has 4 nitrogen and oxygen atoms in total. The zero-order valence-corrected chi connectivity index (χ0v) is 9.29. The summed E-state index contributed by atoms with van der Waals surface area (Å²) in [5.41, 5.74) is 5.48. The Kier molecular flexibility index (Phi) is 3.89. The fourth-order valence-corrected chi connectivity index (χ4v) is 1.71. The number of carbonyl (C=O) groups is 1. The number of carbonyl (C=O) groups excluding carboxylic acids is 1. The molecule has 2 atom stereocenters. The Balaban J connectivity index is 2.32. The van der Waals surface area contributed by atoms with Crippen LogP contribution in [0.5, 0.6) is 0 Å². The van der Waals surface area contributed by atoms with Crippen molar-refractivity contribution in [1.82, 2.24) is 10.2 Å². The third kappa shape index (κ3) is 2.96. The van der Waals surface area contributed by atoms with Crippen molar-refractivity contribution < 1.29 is 4.79 Å². The highest BCUT2D eigenvalue weighted by molar-refractivity contribution is 5.81. The highest BCUT2D eigenvalue weighted by atomic mass is 16.2. The minimum absolute atomic E-state index is 0.0411. The van der Waals surface area contributed by atoms with E-state index in [1.165, 1.54) is 0 Å². The molecule has 1 rings (SSSR count). The number of amides is 1. The molecule has 1 unspecified atom stereocenters. The summed E-state index contributed by atoms with van der Waals surface area (Å²) in [4.78, 5) is 13.7. The van der Waals surface area contributed by atoms with Gasteiger partial charge in [0.05, 0.1) is 6.04 Å². The molecule has 4 heteroatoms. The third-order valence-electron chi connectivity index (χ3n) is 2.71. The summed E-state index contributed by atoms with van der Waals surface area (Å²) >= 11 is 0. The molecule has 14 heavy (non-hydrogen) atoms. The van der Waals surface area contributed by atoms with Crippen molar-refractivity contribution in [3.8, 4) is 0 Å². The molecule has 1 amide bonds.